The highest BCUT2D eigenvalue weighted by atomic mass is 19.3. The van der Waals surface area contributed by atoms with E-state index in [0.717, 1.165) is 19.8 Å². The lowest BCUT2D eigenvalue weighted by Gasteiger charge is -2.43. The van der Waals surface area contributed by atoms with Crippen LogP contribution in [0.2, 0.25) is 0 Å². The van der Waals surface area contributed by atoms with E-state index >= 15 is 0 Å². The van der Waals surface area contributed by atoms with Crippen LogP contribution in [-0.2, 0) is 14.2 Å². The van der Waals surface area contributed by atoms with Crippen molar-refractivity contribution in [3.63, 3.8) is 0 Å². The van der Waals surface area contributed by atoms with Crippen LogP contribution in [0, 0.1) is 10.8 Å². The van der Waals surface area contributed by atoms with Gasteiger partial charge in [-0.15, -0.1) is 0 Å². The molecule has 0 amide bonds. The van der Waals surface area contributed by atoms with Crippen LogP contribution in [0.5, 0.6) is 0 Å². The first-order valence-electron chi connectivity index (χ1n) is 9.51. The predicted molar refractivity (Wildman–Crippen MR) is 97.8 cm³/mol. The molecule has 0 aromatic carbocycles. The molecule has 2 aliphatic rings. The van der Waals surface area contributed by atoms with Crippen molar-refractivity contribution in [1.82, 2.24) is 9.80 Å². The molecule has 0 bridgehead atoms. The minimum absolute atomic E-state index is 0.0184. The lowest BCUT2D eigenvalue weighted by atomic mass is 9.86. The second-order valence-electron chi connectivity index (χ2n) is 9.07. The van der Waals surface area contributed by atoms with Crippen molar-refractivity contribution >= 4 is 0 Å². The molecule has 0 radical (unpaired) electrons. The Hall–Kier alpha value is -0.340. The molecule has 1 unspecified atom stereocenters. The Morgan fingerprint density at radius 3 is 2.04 bits per heavy atom. The minimum atomic E-state index is -2.63. The van der Waals surface area contributed by atoms with Crippen LogP contribution in [-0.4, -0.2) is 95.1 Å². The molecular formula is C19H36F2N2O3. The molecule has 0 spiro atoms. The van der Waals surface area contributed by atoms with Crippen molar-refractivity contribution in [2.24, 2.45) is 10.8 Å². The van der Waals surface area contributed by atoms with Gasteiger partial charge in [0.2, 0.25) is 0 Å². The van der Waals surface area contributed by atoms with E-state index in [0.29, 0.717) is 19.7 Å². The molecule has 0 aromatic rings. The van der Waals surface area contributed by atoms with Crippen LogP contribution in [0.1, 0.15) is 27.2 Å². The lowest BCUT2D eigenvalue weighted by molar-refractivity contribution is -0.165. The first-order valence-corrected chi connectivity index (χ1v) is 9.51. The molecule has 154 valence electrons. The zero-order valence-electron chi connectivity index (χ0n) is 17.2. The van der Waals surface area contributed by atoms with E-state index in [1.165, 1.54) is 0 Å². The van der Waals surface area contributed by atoms with Crippen molar-refractivity contribution < 1.29 is 23.0 Å². The number of alkyl halides is 2. The molecule has 2 rings (SSSR count). The van der Waals surface area contributed by atoms with E-state index in [4.69, 9.17) is 14.2 Å². The molecule has 26 heavy (non-hydrogen) atoms. The van der Waals surface area contributed by atoms with Gasteiger partial charge in [-0.05, 0) is 41.9 Å². The fourth-order valence-electron chi connectivity index (χ4n) is 3.75. The summed E-state index contributed by atoms with van der Waals surface area (Å²) in [6.07, 6.45) is -0.140. The van der Waals surface area contributed by atoms with E-state index in [1.54, 1.807) is 0 Å². The number of likely N-dealkylation sites (N-methyl/N-ethyl adjacent to an activating group) is 1. The van der Waals surface area contributed by atoms with Crippen LogP contribution in [0.3, 0.4) is 0 Å². The van der Waals surface area contributed by atoms with Crippen LogP contribution in [0.15, 0.2) is 0 Å². The average Bonchev–Trinajstić information content (AvgIpc) is 3.00. The van der Waals surface area contributed by atoms with Gasteiger partial charge in [0, 0.05) is 26.1 Å². The first kappa shape index (κ1) is 22.0. The fourth-order valence-corrected chi connectivity index (χ4v) is 3.75. The normalized spacial score (nSPS) is 27.8. The highest BCUT2D eigenvalue weighted by molar-refractivity contribution is 5.11. The molecule has 0 N–H and O–H groups in total. The van der Waals surface area contributed by atoms with E-state index in [1.807, 2.05) is 46.8 Å². The standard InChI is InChI=1S/C19H36F2N2O3/c1-15(2)25-14-18(8-19(18,20)21)10-23(6)7-16(3)26-13-17(9-22(4)5)11-24-12-17/h15-16H,7-14H2,1-6H3/t16-,18?/m0/s1. The smallest absolute Gasteiger partial charge is 0.258 e. The zero-order valence-corrected chi connectivity index (χ0v) is 17.2. The second kappa shape index (κ2) is 8.35. The van der Waals surface area contributed by atoms with E-state index in [9.17, 15) is 8.78 Å². The molecule has 0 aromatic heterocycles. The Labute approximate surface area is 156 Å². The molecule has 2 atom stereocenters. The molecular weight excluding hydrogens is 342 g/mol. The number of hydrogen-bond donors (Lipinski definition) is 0. The van der Waals surface area contributed by atoms with Gasteiger partial charge in [-0.3, -0.25) is 0 Å². The summed E-state index contributed by atoms with van der Waals surface area (Å²) in [7, 11) is 5.98. The summed E-state index contributed by atoms with van der Waals surface area (Å²) in [6.45, 7) is 9.82. The number of rotatable bonds is 12. The Morgan fingerprint density at radius 1 is 1.00 bits per heavy atom. The maximum Gasteiger partial charge on any atom is 0.258 e. The maximum absolute atomic E-state index is 13.9. The van der Waals surface area contributed by atoms with Crippen LogP contribution in [0.4, 0.5) is 8.78 Å². The van der Waals surface area contributed by atoms with Crippen LogP contribution >= 0.6 is 0 Å². The number of nitrogens with zero attached hydrogens (tertiary/aromatic N) is 2. The molecule has 5 nitrogen and oxygen atoms in total. The van der Waals surface area contributed by atoms with Crippen molar-refractivity contribution in [2.45, 2.75) is 45.3 Å². The van der Waals surface area contributed by atoms with Gasteiger partial charge in [0.05, 0.1) is 49.5 Å². The Kier molecular flexibility index (Phi) is 7.05. The van der Waals surface area contributed by atoms with Crippen LogP contribution in [0.25, 0.3) is 0 Å². The minimum Gasteiger partial charge on any atom is -0.380 e. The zero-order chi connectivity index (χ0) is 19.6. The second-order valence-corrected chi connectivity index (χ2v) is 9.07. The van der Waals surface area contributed by atoms with Gasteiger partial charge in [0.25, 0.3) is 5.92 Å². The SMILES string of the molecule is CC(C)OCC1(CN(C)C[C@H](C)OCC2(CN(C)C)COC2)CC1(F)F. The number of ether oxygens (including phenoxy) is 3. The van der Waals surface area contributed by atoms with Gasteiger partial charge in [-0.25, -0.2) is 8.78 Å². The summed E-state index contributed by atoms with van der Waals surface area (Å²) in [5, 5.41) is 0. The van der Waals surface area contributed by atoms with Gasteiger partial charge in [-0.1, -0.05) is 0 Å². The summed E-state index contributed by atoms with van der Waals surface area (Å²) < 4.78 is 44.8. The molecule has 1 aliphatic heterocycles. The fraction of sp³-hybridized carbons (Fsp3) is 1.00. The van der Waals surface area contributed by atoms with Crippen molar-refractivity contribution in [3.8, 4) is 0 Å². The number of halogens is 2. The Bertz CT molecular complexity index is 458. The van der Waals surface area contributed by atoms with Gasteiger partial charge < -0.3 is 24.0 Å². The molecule has 1 aliphatic carbocycles. The van der Waals surface area contributed by atoms with E-state index in [2.05, 4.69) is 4.90 Å². The van der Waals surface area contributed by atoms with Crippen molar-refractivity contribution in [2.75, 3.05) is 67.2 Å². The summed E-state index contributed by atoms with van der Waals surface area (Å²) in [5.74, 6) is -2.63. The van der Waals surface area contributed by atoms with Crippen LogP contribution < -0.4 is 0 Å². The number of hydrogen-bond acceptors (Lipinski definition) is 5. The molecule has 1 saturated heterocycles. The summed E-state index contributed by atoms with van der Waals surface area (Å²) in [5.41, 5.74) is -0.980. The maximum atomic E-state index is 13.9. The summed E-state index contributed by atoms with van der Waals surface area (Å²) in [4.78, 5) is 4.10. The van der Waals surface area contributed by atoms with E-state index in [-0.39, 0.29) is 30.7 Å². The highest BCUT2D eigenvalue weighted by Crippen LogP contribution is 2.61. The quantitative estimate of drug-likeness (QED) is 0.521. The van der Waals surface area contributed by atoms with Crippen molar-refractivity contribution in [3.05, 3.63) is 0 Å². The summed E-state index contributed by atoms with van der Waals surface area (Å²) >= 11 is 0. The van der Waals surface area contributed by atoms with Gasteiger partial charge in [0.1, 0.15) is 0 Å². The topological polar surface area (TPSA) is 34.2 Å². The molecule has 7 heteroatoms. The van der Waals surface area contributed by atoms with Crippen molar-refractivity contribution in [1.29, 1.82) is 0 Å². The third kappa shape index (κ3) is 5.58. The largest absolute Gasteiger partial charge is 0.380 e. The third-order valence-corrected chi connectivity index (χ3v) is 5.19. The highest BCUT2D eigenvalue weighted by Gasteiger charge is 2.71. The summed E-state index contributed by atoms with van der Waals surface area (Å²) in [6, 6.07) is 0. The Balaban J connectivity index is 1.77. The Morgan fingerprint density at radius 2 is 1.62 bits per heavy atom. The third-order valence-electron chi connectivity index (χ3n) is 5.19. The monoisotopic (exact) mass is 378 g/mol. The van der Waals surface area contributed by atoms with Gasteiger partial charge in [-0.2, -0.15) is 0 Å². The van der Waals surface area contributed by atoms with Gasteiger partial charge in [0.15, 0.2) is 0 Å². The predicted octanol–water partition coefficient (Wildman–Crippen LogP) is 2.35. The molecule has 1 heterocycles. The van der Waals surface area contributed by atoms with Gasteiger partial charge >= 0.3 is 0 Å². The van der Waals surface area contributed by atoms with E-state index < -0.39 is 11.3 Å². The molecule has 2 fully saturated rings. The molecule has 1 saturated carbocycles. The first-order chi connectivity index (χ1) is 12.0. The average molecular weight is 379 g/mol. The lowest BCUT2D eigenvalue weighted by Crippen LogP contribution is -2.53.